The van der Waals surface area contributed by atoms with Crippen LogP contribution in [0.3, 0.4) is 0 Å². The van der Waals surface area contributed by atoms with E-state index >= 15 is 0 Å². The summed E-state index contributed by atoms with van der Waals surface area (Å²) in [4.78, 5) is 21.9. The van der Waals surface area contributed by atoms with Gasteiger partial charge in [0, 0.05) is 63.7 Å². The van der Waals surface area contributed by atoms with Gasteiger partial charge in [-0.05, 0) is 126 Å². The highest BCUT2D eigenvalue weighted by atomic mass is 31.2. The Morgan fingerprint density at radius 2 is 1.30 bits per heavy atom. The highest BCUT2D eigenvalue weighted by molar-refractivity contribution is 7.47. The molecule has 1 N–H and O–H groups in total. The van der Waals surface area contributed by atoms with Gasteiger partial charge in [-0.1, -0.05) is 19.1 Å². The maximum atomic E-state index is 13.1. The summed E-state index contributed by atoms with van der Waals surface area (Å²) in [6, 6.07) is 2.22. The summed E-state index contributed by atoms with van der Waals surface area (Å²) in [5, 5.41) is 3.50. The lowest BCUT2D eigenvalue weighted by molar-refractivity contribution is -0.139. The maximum Gasteiger partial charge on any atom is 0.259 e. The Balaban J connectivity index is 0.000000566. The molecule has 13 heteroatoms. The molecule has 53 heavy (non-hydrogen) atoms. The number of hydrogen-bond acceptors (Lipinski definition) is 8. The minimum Gasteiger partial charge on any atom is -0.400 e. The van der Waals surface area contributed by atoms with Gasteiger partial charge in [-0.3, -0.25) is 4.79 Å². The molecule has 0 spiro atoms. The average Bonchev–Trinajstić information content (AvgIpc) is 3.75. The molecule has 3 aliphatic rings. The van der Waals surface area contributed by atoms with Crippen molar-refractivity contribution in [2.75, 3.05) is 53.1 Å². The van der Waals surface area contributed by atoms with E-state index in [0.29, 0.717) is 94.8 Å². The molecule has 1 saturated heterocycles. The number of carbonyl (C=O) groups is 1. The van der Waals surface area contributed by atoms with Gasteiger partial charge in [-0.25, -0.2) is 27.2 Å². The Hall–Kier alpha value is -1.23. The molecular formula is C40H76N6O5P2. The quantitative estimate of drug-likeness (QED) is 0.0601. The third-order valence-electron chi connectivity index (χ3n) is 9.79. The smallest absolute Gasteiger partial charge is 0.259 e. The summed E-state index contributed by atoms with van der Waals surface area (Å²) in [6.07, 6.45) is 8.28. The van der Waals surface area contributed by atoms with Crippen LogP contribution in [0.15, 0.2) is 12.2 Å². The summed E-state index contributed by atoms with van der Waals surface area (Å²) in [7, 11) is -0.835. The molecule has 2 bridgehead atoms. The topological polar surface area (TPSA) is 86.7 Å². The number of hydrogen-bond donors (Lipinski definition) is 1. The monoisotopic (exact) mass is 787 g/mol. The molecule has 306 valence electrons. The van der Waals surface area contributed by atoms with Gasteiger partial charge in [-0.15, -0.1) is 0 Å². The molecule has 1 aliphatic heterocycles. The molecule has 0 aromatic rings. The highest BCUT2D eigenvalue weighted by Crippen LogP contribution is 2.51. The number of rotatable bonds is 19. The maximum absolute atomic E-state index is 13.1. The summed E-state index contributed by atoms with van der Waals surface area (Å²) in [6.45, 7) is 44.0. The van der Waals surface area contributed by atoms with Crippen molar-refractivity contribution in [2.45, 2.75) is 152 Å². The molecule has 3 rings (SSSR count). The van der Waals surface area contributed by atoms with Crippen LogP contribution in [0, 0.1) is 36.3 Å². The van der Waals surface area contributed by atoms with E-state index in [0.717, 1.165) is 25.7 Å². The molecule has 0 radical (unpaired) electrons. The summed E-state index contributed by atoms with van der Waals surface area (Å²) < 4.78 is 39.6. The van der Waals surface area contributed by atoms with Gasteiger partial charge in [-0.2, -0.15) is 0 Å². The molecule has 1 heterocycles. The zero-order chi connectivity index (χ0) is 41.9. The predicted octanol–water partition coefficient (Wildman–Crippen LogP) is 9.12. The van der Waals surface area contributed by atoms with E-state index in [4.69, 9.17) is 29.5 Å². The molecule has 4 atom stereocenters. The van der Waals surface area contributed by atoms with Gasteiger partial charge in [0.15, 0.2) is 8.45 Å². The molecule has 1 amide bonds. The number of fused-ring (bicyclic) bond motifs is 2. The third kappa shape index (κ3) is 15.7. The largest absolute Gasteiger partial charge is 0.400 e. The SMILES string of the molecule is [3H]CC1(COP(OCC[N+]#[C-])N(C(C)C)C(C)C)CCN(C(=O)C2CC3C=CC2C3)CC1.[3H]OC.[C-]#[N+]CCOP(N(C(C)C)C(C)C)N(C(C)C)C(C)C. The Labute approximate surface area is 330 Å². The van der Waals surface area contributed by atoms with Crippen molar-refractivity contribution < 1.29 is 24.8 Å². The average molecular weight is 787 g/mol. The second kappa shape index (κ2) is 25.1. The number of aliphatic hydroxyl groups is 1. The van der Waals surface area contributed by atoms with Gasteiger partial charge in [0.25, 0.3) is 8.53 Å². The first kappa shape index (κ1) is 46.2. The van der Waals surface area contributed by atoms with Gasteiger partial charge in [0.2, 0.25) is 20.4 Å². The first-order valence-electron chi connectivity index (χ1n) is 20.8. The van der Waals surface area contributed by atoms with E-state index in [1.165, 1.54) is 7.11 Å². The van der Waals surface area contributed by atoms with Crippen LogP contribution < -0.4 is 0 Å². The van der Waals surface area contributed by atoms with Gasteiger partial charge in [0.05, 0.1) is 6.61 Å². The van der Waals surface area contributed by atoms with E-state index in [1.54, 1.807) is 0 Å². The Kier molecular flexibility index (Phi) is 21.9. The number of likely N-dealkylation sites (tertiary alicyclic amines) is 1. The standard InChI is InChI=1S/C24H40N3O3P.C15H32N3OP.CH4O/c1-18(2)27(19(3)4)31(29-14-11-25-6)30-17-24(5)9-12-26(13-10-24)23(28)22-16-20-7-8-21(22)15-20;1-12(2)17(13(3)4)20(19-11-10-16-9)18(14(5)6)15(7)8;1-2/h7-8,18-22H,9-17H2,1-5H3;12-15H,10-11H2,1-8H3;2H,1H3/i5T;;2T. The Morgan fingerprint density at radius 1 is 0.830 bits per heavy atom. The second-order valence-electron chi connectivity index (χ2n) is 16.1. The number of amides is 1. The van der Waals surface area contributed by atoms with E-state index in [-0.39, 0.29) is 23.4 Å². The number of nitrogens with zero attached hydrogens (tertiary/aromatic N) is 6. The minimum absolute atomic E-state index is 0.166. The second-order valence-corrected chi connectivity index (χ2v) is 19.2. The third-order valence-corrected chi connectivity index (χ3v) is 14.9. The number of allylic oxidation sites excluding steroid dienone is 2. The van der Waals surface area contributed by atoms with E-state index in [2.05, 4.69) is 124 Å². The fourth-order valence-corrected chi connectivity index (χ4v) is 11.6. The Morgan fingerprint density at radius 3 is 1.68 bits per heavy atom. The molecule has 2 fully saturated rings. The van der Waals surface area contributed by atoms with Gasteiger partial charge in [0.1, 0.15) is 13.2 Å². The molecule has 2 aliphatic carbocycles. The lowest BCUT2D eigenvalue weighted by atomic mass is 9.80. The van der Waals surface area contributed by atoms with Crippen LogP contribution in [0.2, 0.25) is 0 Å². The van der Waals surface area contributed by atoms with Crippen molar-refractivity contribution in [3.8, 4) is 0 Å². The number of aliphatic hydroxyl groups excluding tert-OH is 1. The normalized spacial score (nSPS) is 21.8. The van der Waals surface area contributed by atoms with Crippen molar-refractivity contribution in [1.29, 1.82) is 1.43 Å². The van der Waals surface area contributed by atoms with Crippen molar-refractivity contribution in [1.82, 2.24) is 18.9 Å². The van der Waals surface area contributed by atoms with Crippen LogP contribution in [0.5, 0.6) is 0 Å². The first-order chi connectivity index (χ1) is 25.9. The first-order valence-corrected chi connectivity index (χ1v) is 22.0. The molecule has 0 aromatic carbocycles. The van der Waals surface area contributed by atoms with Crippen molar-refractivity contribution >= 4 is 22.9 Å². The minimum atomic E-state index is -1.29. The van der Waals surface area contributed by atoms with Crippen LogP contribution >= 0.6 is 17.0 Å². The van der Waals surface area contributed by atoms with E-state index < -0.39 is 17.0 Å². The number of carbonyl (C=O) groups excluding carboxylic acids is 1. The summed E-state index contributed by atoms with van der Waals surface area (Å²) in [5.74, 6) is 1.52. The van der Waals surface area contributed by atoms with E-state index in [1.807, 2.05) is 4.90 Å². The van der Waals surface area contributed by atoms with Crippen molar-refractivity contribution in [2.24, 2.45) is 23.2 Å². The molecule has 1 saturated carbocycles. The van der Waals surface area contributed by atoms with Crippen LogP contribution in [-0.4, -0.2) is 121 Å². The van der Waals surface area contributed by atoms with Crippen LogP contribution in [0.4, 0.5) is 0 Å². The van der Waals surface area contributed by atoms with Crippen molar-refractivity contribution in [3.63, 3.8) is 0 Å². The van der Waals surface area contributed by atoms with Crippen LogP contribution in [0.25, 0.3) is 9.69 Å². The van der Waals surface area contributed by atoms with Crippen molar-refractivity contribution in [3.05, 3.63) is 35.0 Å². The van der Waals surface area contributed by atoms with Crippen LogP contribution in [-0.2, 0) is 18.4 Å². The van der Waals surface area contributed by atoms with E-state index in [9.17, 15) is 4.79 Å². The van der Waals surface area contributed by atoms with Crippen LogP contribution in [0.1, 0.15) is 117 Å². The molecular weight excluding hydrogens is 706 g/mol. The molecule has 0 aromatic heterocycles. The fraction of sp³-hybridized carbons (Fsp3) is 0.875. The molecule has 4 unspecified atom stereocenters. The highest BCUT2D eigenvalue weighted by Gasteiger charge is 2.43. The van der Waals surface area contributed by atoms with Gasteiger partial charge < -0.3 is 33.3 Å². The predicted molar refractivity (Wildman–Crippen MR) is 222 cm³/mol. The summed E-state index contributed by atoms with van der Waals surface area (Å²) in [5.41, 5.74) is -0.241. The zero-order valence-corrected chi connectivity index (χ0v) is 37.2. The fourth-order valence-electron chi connectivity index (χ4n) is 7.55. The molecule has 11 nitrogen and oxygen atoms in total. The number of piperidine rings is 1. The van der Waals surface area contributed by atoms with Gasteiger partial charge >= 0.3 is 0 Å². The lowest BCUT2D eigenvalue weighted by Crippen LogP contribution is -2.46. The Bertz CT molecular complexity index is 1150. The summed E-state index contributed by atoms with van der Waals surface area (Å²) >= 11 is 0. The zero-order valence-electron chi connectivity index (χ0n) is 37.5. The lowest BCUT2D eigenvalue weighted by Gasteiger charge is -2.45.